The van der Waals surface area contributed by atoms with Gasteiger partial charge in [0.2, 0.25) is 0 Å². The molecule has 2 aromatic rings. The second-order valence-corrected chi connectivity index (χ2v) is 5.69. The Morgan fingerprint density at radius 2 is 1.96 bits per heavy atom. The van der Waals surface area contributed by atoms with E-state index in [1.807, 2.05) is 0 Å². The van der Waals surface area contributed by atoms with Crippen molar-refractivity contribution in [3.63, 3.8) is 0 Å². The zero-order valence-corrected chi connectivity index (χ0v) is 13.9. The first-order chi connectivity index (χ1) is 11.7. The Kier molecular flexibility index (Phi) is 5.00. The van der Waals surface area contributed by atoms with Crippen LogP contribution in [0.15, 0.2) is 28.8 Å². The molecule has 1 amide bonds. The Labute approximate surface area is 140 Å². The molecule has 0 bridgehead atoms. The summed E-state index contributed by atoms with van der Waals surface area (Å²) in [5, 5.41) is 6.64. The summed E-state index contributed by atoms with van der Waals surface area (Å²) in [5.41, 5.74) is 0.862. The van der Waals surface area contributed by atoms with E-state index in [-0.39, 0.29) is 11.6 Å². The number of nitrogens with one attached hydrogen (secondary N) is 1. The minimum atomic E-state index is -0.321. The molecule has 0 saturated carbocycles. The molecule has 128 valence electrons. The molecule has 0 atom stereocenters. The van der Waals surface area contributed by atoms with Gasteiger partial charge in [0.15, 0.2) is 23.0 Å². The highest BCUT2D eigenvalue weighted by molar-refractivity contribution is 6.02. The molecule has 1 saturated heterocycles. The quantitative estimate of drug-likeness (QED) is 0.876. The van der Waals surface area contributed by atoms with Gasteiger partial charge in [-0.25, -0.2) is 0 Å². The highest BCUT2D eigenvalue weighted by Gasteiger charge is 2.17. The van der Waals surface area contributed by atoms with Gasteiger partial charge >= 0.3 is 0 Å². The summed E-state index contributed by atoms with van der Waals surface area (Å²) in [5.74, 6) is 1.53. The van der Waals surface area contributed by atoms with Gasteiger partial charge in [0.25, 0.3) is 5.91 Å². The van der Waals surface area contributed by atoms with Gasteiger partial charge in [0, 0.05) is 17.8 Å². The Morgan fingerprint density at radius 1 is 1.21 bits per heavy atom. The van der Waals surface area contributed by atoms with Crippen molar-refractivity contribution in [2.45, 2.75) is 19.4 Å². The predicted molar refractivity (Wildman–Crippen MR) is 88.5 cm³/mol. The molecule has 2 heterocycles. The molecule has 1 aliphatic rings. The minimum absolute atomic E-state index is 0.263. The minimum Gasteiger partial charge on any atom is -0.493 e. The van der Waals surface area contributed by atoms with Gasteiger partial charge in [0.05, 0.1) is 20.8 Å². The topological polar surface area (TPSA) is 76.8 Å². The average molecular weight is 331 g/mol. The van der Waals surface area contributed by atoms with E-state index >= 15 is 0 Å². The molecule has 1 aliphatic heterocycles. The number of rotatable bonds is 6. The lowest BCUT2D eigenvalue weighted by Crippen LogP contribution is -2.18. The van der Waals surface area contributed by atoms with Crippen LogP contribution in [-0.4, -0.2) is 43.3 Å². The van der Waals surface area contributed by atoms with Crippen molar-refractivity contribution in [1.82, 2.24) is 10.1 Å². The van der Waals surface area contributed by atoms with Crippen LogP contribution < -0.4 is 14.8 Å². The highest BCUT2D eigenvalue weighted by Crippen LogP contribution is 2.29. The number of ether oxygens (including phenoxy) is 2. The molecule has 0 spiro atoms. The summed E-state index contributed by atoms with van der Waals surface area (Å²) >= 11 is 0. The summed E-state index contributed by atoms with van der Waals surface area (Å²) in [6, 6.07) is 6.86. The average Bonchev–Trinajstić information content (AvgIpc) is 3.27. The molecular formula is C17H21N3O4. The van der Waals surface area contributed by atoms with Gasteiger partial charge in [-0.1, -0.05) is 5.16 Å². The molecule has 0 unspecified atom stereocenters. The largest absolute Gasteiger partial charge is 0.493 e. The van der Waals surface area contributed by atoms with Crippen molar-refractivity contribution in [3.05, 3.63) is 35.7 Å². The summed E-state index contributed by atoms with van der Waals surface area (Å²) in [7, 11) is 3.11. The van der Waals surface area contributed by atoms with E-state index in [0.717, 1.165) is 13.1 Å². The van der Waals surface area contributed by atoms with E-state index in [4.69, 9.17) is 14.0 Å². The Bertz CT molecular complexity index is 708. The van der Waals surface area contributed by atoms with E-state index in [0.29, 0.717) is 29.5 Å². The number of likely N-dealkylation sites (tertiary alicyclic amines) is 1. The Balaban J connectivity index is 1.65. The second-order valence-electron chi connectivity index (χ2n) is 5.69. The van der Waals surface area contributed by atoms with E-state index < -0.39 is 0 Å². The van der Waals surface area contributed by atoms with Crippen LogP contribution in [0.25, 0.3) is 0 Å². The first-order valence-corrected chi connectivity index (χ1v) is 7.91. The first-order valence-electron chi connectivity index (χ1n) is 7.91. The number of anilines is 1. The van der Waals surface area contributed by atoms with Crippen LogP contribution in [0.3, 0.4) is 0 Å². The summed E-state index contributed by atoms with van der Waals surface area (Å²) in [6.07, 6.45) is 2.42. The third-order valence-electron chi connectivity index (χ3n) is 4.01. The number of hydrogen-bond donors (Lipinski definition) is 1. The monoisotopic (exact) mass is 331 g/mol. The number of benzene rings is 1. The molecule has 1 fully saturated rings. The van der Waals surface area contributed by atoms with Gasteiger partial charge in [-0.3, -0.25) is 9.69 Å². The molecule has 7 heteroatoms. The van der Waals surface area contributed by atoms with Crippen molar-refractivity contribution < 1.29 is 18.8 Å². The second kappa shape index (κ2) is 7.35. The van der Waals surface area contributed by atoms with E-state index in [2.05, 4.69) is 15.4 Å². The number of methoxy groups -OCH3 is 2. The lowest BCUT2D eigenvalue weighted by molar-refractivity contribution is 0.101. The van der Waals surface area contributed by atoms with Crippen LogP contribution in [0.1, 0.15) is 29.1 Å². The number of carbonyl (C=O) groups is 1. The van der Waals surface area contributed by atoms with Gasteiger partial charge in [0.1, 0.15) is 0 Å². The molecule has 1 N–H and O–H groups in total. The lowest BCUT2D eigenvalue weighted by Gasteiger charge is -2.10. The normalized spacial score (nSPS) is 14.6. The Morgan fingerprint density at radius 3 is 2.67 bits per heavy atom. The first kappa shape index (κ1) is 16.3. The molecule has 0 radical (unpaired) electrons. The number of hydrogen-bond acceptors (Lipinski definition) is 6. The van der Waals surface area contributed by atoms with Crippen LogP contribution in [0.5, 0.6) is 11.5 Å². The van der Waals surface area contributed by atoms with Crippen molar-refractivity contribution in [2.75, 3.05) is 32.6 Å². The smallest absolute Gasteiger partial charge is 0.277 e. The molecule has 7 nitrogen and oxygen atoms in total. The maximum Gasteiger partial charge on any atom is 0.277 e. The van der Waals surface area contributed by atoms with Crippen LogP contribution in [0.4, 0.5) is 5.69 Å². The fourth-order valence-corrected chi connectivity index (χ4v) is 2.76. The molecule has 1 aromatic carbocycles. The Hall–Kier alpha value is -2.54. The number of carbonyl (C=O) groups excluding carboxylic acids is 1. The third kappa shape index (κ3) is 3.68. The molecular weight excluding hydrogens is 310 g/mol. The van der Waals surface area contributed by atoms with E-state index in [1.165, 1.54) is 12.8 Å². The SMILES string of the molecule is COc1ccc(NC(=O)c2cc(CN3CCCC3)on2)cc1OC. The maximum absolute atomic E-state index is 12.3. The highest BCUT2D eigenvalue weighted by atomic mass is 16.5. The van der Waals surface area contributed by atoms with Crippen molar-refractivity contribution in [3.8, 4) is 11.5 Å². The summed E-state index contributed by atoms with van der Waals surface area (Å²) < 4.78 is 15.7. The van der Waals surface area contributed by atoms with E-state index in [1.54, 1.807) is 38.5 Å². The van der Waals surface area contributed by atoms with E-state index in [9.17, 15) is 4.79 Å². The molecule has 1 aromatic heterocycles. The maximum atomic E-state index is 12.3. The lowest BCUT2D eigenvalue weighted by atomic mass is 10.2. The number of nitrogens with zero attached hydrogens (tertiary/aromatic N) is 2. The van der Waals surface area contributed by atoms with Gasteiger partial charge < -0.3 is 19.3 Å². The zero-order chi connectivity index (χ0) is 16.9. The van der Waals surface area contributed by atoms with Crippen molar-refractivity contribution >= 4 is 11.6 Å². The zero-order valence-electron chi connectivity index (χ0n) is 13.9. The van der Waals surface area contributed by atoms with Gasteiger partial charge in [-0.05, 0) is 38.1 Å². The summed E-state index contributed by atoms with van der Waals surface area (Å²) in [6.45, 7) is 2.82. The molecule has 0 aliphatic carbocycles. The number of aromatic nitrogens is 1. The summed E-state index contributed by atoms with van der Waals surface area (Å²) in [4.78, 5) is 14.6. The van der Waals surface area contributed by atoms with Crippen LogP contribution >= 0.6 is 0 Å². The number of amides is 1. The van der Waals surface area contributed by atoms with Crippen molar-refractivity contribution in [2.24, 2.45) is 0 Å². The standard InChI is InChI=1S/C17H21N3O4/c1-22-15-6-5-12(9-16(15)23-2)18-17(21)14-10-13(24-19-14)11-20-7-3-4-8-20/h5-6,9-10H,3-4,7-8,11H2,1-2H3,(H,18,21). The van der Waals surface area contributed by atoms with Crippen LogP contribution in [-0.2, 0) is 6.54 Å². The van der Waals surface area contributed by atoms with Gasteiger partial charge in [-0.2, -0.15) is 0 Å². The third-order valence-corrected chi connectivity index (χ3v) is 4.01. The predicted octanol–water partition coefficient (Wildman–Crippen LogP) is 2.54. The fourth-order valence-electron chi connectivity index (χ4n) is 2.76. The molecule has 3 rings (SSSR count). The fraction of sp³-hybridized carbons (Fsp3) is 0.412. The molecule has 24 heavy (non-hydrogen) atoms. The van der Waals surface area contributed by atoms with Crippen LogP contribution in [0.2, 0.25) is 0 Å². The van der Waals surface area contributed by atoms with Gasteiger partial charge in [-0.15, -0.1) is 0 Å². The van der Waals surface area contributed by atoms with Crippen LogP contribution in [0, 0.1) is 0 Å². The van der Waals surface area contributed by atoms with Crippen molar-refractivity contribution in [1.29, 1.82) is 0 Å².